The highest BCUT2D eigenvalue weighted by atomic mass is 19.1. The number of halogens is 1. The average molecular weight is 250 g/mol. The van der Waals surface area contributed by atoms with Gasteiger partial charge in [-0.25, -0.2) is 4.39 Å². The minimum atomic E-state index is -0.0779. The van der Waals surface area contributed by atoms with Gasteiger partial charge in [-0.2, -0.15) is 0 Å². The summed E-state index contributed by atoms with van der Waals surface area (Å²) in [6.45, 7) is 4.38. The van der Waals surface area contributed by atoms with Crippen molar-refractivity contribution in [3.05, 3.63) is 35.6 Å². The fourth-order valence-corrected chi connectivity index (χ4v) is 2.49. The fraction of sp³-hybridized carbons (Fsp3) is 0.600. The first-order chi connectivity index (χ1) is 8.75. The Labute approximate surface area is 109 Å². The van der Waals surface area contributed by atoms with E-state index in [1.54, 1.807) is 12.1 Å². The molecule has 0 spiro atoms. The molecule has 0 amide bonds. The number of rotatable bonds is 6. The molecule has 1 aliphatic rings. The Morgan fingerprint density at radius 2 is 2.17 bits per heavy atom. The van der Waals surface area contributed by atoms with Gasteiger partial charge in [0.2, 0.25) is 0 Å². The SMILES string of the molecule is CN(CCc1ccccc1F)CCC1CCNC1. The molecule has 1 aromatic carbocycles. The third-order valence-electron chi connectivity index (χ3n) is 3.80. The normalized spacial score (nSPS) is 19.6. The molecular formula is C15H23FN2. The molecule has 18 heavy (non-hydrogen) atoms. The highest BCUT2D eigenvalue weighted by molar-refractivity contribution is 5.17. The lowest BCUT2D eigenvalue weighted by Crippen LogP contribution is -2.25. The van der Waals surface area contributed by atoms with Crippen molar-refractivity contribution in [2.75, 3.05) is 33.2 Å². The summed E-state index contributed by atoms with van der Waals surface area (Å²) in [4.78, 5) is 2.31. The molecule has 0 aromatic heterocycles. The molecule has 3 heteroatoms. The maximum absolute atomic E-state index is 13.4. The van der Waals surface area contributed by atoms with Crippen LogP contribution in [-0.4, -0.2) is 38.1 Å². The first kappa shape index (κ1) is 13.5. The molecule has 1 fully saturated rings. The zero-order valence-corrected chi connectivity index (χ0v) is 11.2. The van der Waals surface area contributed by atoms with Crippen LogP contribution >= 0.6 is 0 Å². The molecule has 1 aliphatic heterocycles. The van der Waals surface area contributed by atoms with Crippen molar-refractivity contribution in [2.24, 2.45) is 5.92 Å². The van der Waals surface area contributed by atoms with Crippen molar-refractivity contribution in [3.63, 3.8) is 0 Å². The molecule has 1 atom stereocenters. The monoisotopic (exact) mass is 250 g/mol. The van der Waals surface area contributed by atoms with Crippen LogP contribution in [-0.2, 0) is 6.42 Å². The van der Waals surface area contributed by atoms with E-state index in [1.165, 1.54) is 25.9 Å². The molecule has 1 aromatic rings. The lowest BCUT2D eigenvalue weighted by atomic mass is 10.0. The molecular weight excluding hydrogens is 227 g/mol. The van der Waals surface area contributed by atoms with E-state index in [-0.39, 0.29) is 5.82 Å². The summed E-state index contributed by atoms with van der Waals surface area (Å²) < 4.78 is 13.4. The molecule has 0 radical (unpaired) electrons. The Morgan fingerprint density at radius 3 is 2.89 bits per heavy atom. The molecule has 1 saturated heterocycles. The van der Waals surface area contributed by atoms with Crippen molar-refractivity contribution in [2.45, 2.75) is 19.3 Å². The molecule has 1 N–H and O–H groups in total. The first-order valence-electron chi connectivity index (χ1n) is 6.88. The van der Waals surface area contributed by atoms with Crippen LogP contribution in [0.3, 0.4) is 0 Å². The Kier molecular flexibility index (Phi) is 5.14. The Morgan fingerprint density at radius 1 is 1.33 bits per heavy atom. The van der Waals surface area contributed by atoms with Gasteiger partial charge in [0.1, 0.15) is 5.82 Å². The van der Waals surface area contributed by atoms with Crippen molar-refractivity contribution in [1.82, 2.24) is 10.2 Å². The van der Waals surface area contributed by atoms with Crippen molar-refractivity contribution in [3.8, 4) is 0 Å². The van der Waals surface area contributed by atoms with E-state index >= 15 is 0 Å². The fourth-order valence-electron chi connectivity index (χ4n) is 2.49. The Hall–Kier alpha value is -0.930. The number of benzene rings is 1. The zero-order chi connectivity index (χ0) is 12.8. The molecule has 1 heterocycles. The predicted octanol–water partition coefficient (Wildman–Crippen LogP) is 2.30. The highest BCUT2D eigenvalue weighted by Crippen LogP contribution is 2.13. The Balaban J connectivity index is 1.68. The van der Waals surface area contributed by atoms with E-state index in [4.69, 9.17) is 0 Å². The first-order valence-corrected chi connectivity index (χ1v) is 6.88. The van der Waals surface area contributed by atoms with Gasteiger partial charge in [-0.1, -0.05) is 18.2 Å². The summed E-state index contributed by atoms with van der Waals surface area (Å²) in [5.41, 5.74) is 0.826. The van der Waals surface area contributed by atoms with E-state index in [1.807, 2.05) is 12.1 Å². The second-order valence-electron chi connectivity index (χ2n) is 5.29. The van der Waals surface area contributed by atoms with E-state index in [0.717, 1.165) is 31.0 Å². The van der Waals surface area contributed by atoms with Crippen molar-refractivity contribution >= 4 is 0 Å². The molecule has 2 rings (SSSR count). The minimum absolute atomic E-state index is 0.0779. The van der Waals surface area contributed by atoms with Crippen LogP contribution in [0.1, 0.15) is 18.4 Å². The van der Waals surface area contributed by atoms with Gasteiger partial charge in [0.15, 0.2) is 0 Å². The predicted molar refractivity (Wildman–Crippen MR) is 73.2 cm³/mol. The van der Waals surface area contributed by atoms with Crippen molar-refractivity contribution in [1.29, 1.82) is 0 Å². The molecule has 0 saturated carbocycles. The summed E-state index contributed by atoms with van der Waals surface area (Å²) >= 11 is 0. The molecule has 1 unspecified atom stereocenters. The average Bonchev–Trinajstić information content (AvgIpc) is 2.88. The van der Waals surface area contributed by atoms with Crippen LogP contribution in [0.15, 0.2) is 24.3 Å². The molecule has 100 valence electrons. The number of likely N-dealkylation sites (N-methyl/N-ethyl adjacent to an activating group) is 1. The van der Waals surface area contributed by atoms with E-state index in [9.17, 15) is 4.39 Å². The molecule has 2 nitrogen and oxygen atoms in total. The molecule has 0 aliphatic carbocycles. The maximum Gasteiger partial charge on any atom is 0.126 e. The Bertz CT molecular complexity index is 361. The van der Waals surface area contributed by atoms with Gasteiger partial charge in [-0.3, -0.25) is 0 Å². The zero-order valence-electron chi connectivity index (χ0n) is 11.2. The largest absolute Gasteiger partial charge is 0.316 e. The van der Waals surface area contributed by atoms with Crippen molar-refractivity contribution < 1.29 is 4.39 Å². The highest BCUT2D eigenvalue weighted by Gasteiger charge is 2.14. The molecule has 0 bridgehead atoms. The second kappa shape index (κ2) is 6.86. The number of nitrogens with zero attached hydrogens (tertiary/aromatic N) is 1. The van der Waals surface area contributed by atoms with Gasteiger partial charge in [0.25, 0.3) is 0 Å². The van der Waals surface area contributed by atoms with Gasteiger partial charge in [0, 0.05) is 6.54 Å². The lowest BCUT2D eigenvalue weighted by molar-refractivity contribution is 0.307. The summed E-state index contributed by atoms with van der Waals surface area (Å²) in [5.74, 6) is 0.756. The minimum Gasteiger partial charge on any atom is -0.316 e. The van der Waals surface area contributed by atoms with Crippen LogP contribution in [0.4, 0.5) is 4.39 Å². The third-order valence-corrected chi connectivity index (χ3v) is 3.80. The summed E-state index contributed by atoms with van der Waals surface area (Å²) in [7, 11) is 2.13. The number of hydrogen-bond acceptors (Lipinski definition) is 2. The third kappa shape index (κ3) is 4.07. The van der Waals surface area contributed by atoms with Gasteiger partial charge in [-0.15, -0.1) is 0 Å². The van der Waals surface area contributed by atoms with Crippen LogP contribution < -0.4 is 5.32 Å². The lowest BCUT2D eigenvalue weighted by Gasteiger charge is -2.18. The van der Waals surface area contributed by atoms with E-state index < -0.39 is 0 Å². The van der Waals surface area contributed by atoms with Gasteiger partial charge >= 0.3 is 0 Å². The topological polar surface area (TPSA) is 15.3 Å². The van der Waals surface area contributed by atoms with Crippen LogP contribution in [0.2, 0.25) is 0 Å². The number of nitrogens with one attached hydrogen (secondary N) is 1. The number of hydrogen-bond donors (Lipinski definition) is 1. The van der Waals surface area contributed by atoms with Gasteiger partial charge in [0.05, 0.1) is 0 Å². The van der Waals surface area contributed by atoms with Crippen LogP contribution in [0, 0.1) is 11.7 Å². The van der Waals surface area contributed by atoms with Gasteiger partial charge in [-0.05, 0) is 63.5 Å². The standard InChI is InChI=1S/C15H23FN2/c1-18(10-7-13-6-9-17-12-13)11-8-14-4-2-3-5-15(14)16/h2-5,13,17H,6-12H2,1H3. The summed E-state index contributed by atoms with van der Waals surface area (Å²) in [6.07, 6.45) is 3.36. The van der Waals surface area contributed by atoms with E-state index in [0.29, 0.717) is 0 Å². The quantitative estimate of drug-likeness (QED) is 0.833. The van der Waals surface area contributed by atoms with Crippen LogP contribution in [0.25, 0.3) is 0 Å². The van der Waals surface area contributed by atoms with Crippen LogP contribution in [0.5, 0.6) is 0 Å². The smallest absolute Gasteiger partial charge is 0.126 e. The summed E-state index contributed by atoms with van der Waals surface area (Å²) in [6, 6.07) is 7.07. The van der Waals surface area contributed by atoms with Gasteiger partial charge < -0.3 is 10.2 Å². The van der Waals surface area contributed by atoms with E-state index in [2.05, 4.69) is 17.3 Å². The summed E-state index contributed by atoms with van der Waals surface area (Å²) in [5, 5.41) is 3.39. The maximum atomic E-state index is 13.4. The second-order valence-corrected chi connectivity index (χ2v) is 5.29.